The second kappa shape index (κ2) is 13.5. The molecule has 0 radical (unpaired) electrons. The quantitative estimate of drug-likeness (QED) is 0.397. The standard InChI is InChI=1S/2C8H13NO.C4H6O6/c2*1-3-7(9)8-5-4-6(2)10-8;5-1(3(7)8)2(6)4(9)10/h2*4-5,7H,3,9H2,1-2H3;1-2,5-6H,(H,7,8)(H,9,10)/t7-;;1-,2-/m1.0/s1. The molecule has 0 aliphatic heterocycles. The van der Waals surface area contributed by atoms with Crippen molar-refractivity contribution in [2.75, 3.05) is 0 Å². The number of hydrogen-bond donors (Lipinski definition) is 5. The fraction of sp³-hybridized carbons (Fsp3) is 0.500. The maximum absolute atomic E-state index is 9.74. The third-order valence-corrected chi connectivity index (χ3v) is 4.02. The van der Waals surface area contributed by atoms with E-state index in [1.807, 2.05) is 45.0 Å². The van der Waals surface area contributed by atoms with Crippen LogP contribution in [0.1, 0.15) is 61.8 Å². The molecule has 0 amide bonds. The minimum Gasteiger partial charge on any atom is -0.547 e. The van der Waals surface area contributed by atoms with Crippen molar-refractivity contribution in [1.29, 1.82) is 0 Å². The Kier molecular flexibility index (Phi) is 12.3. The lowest BCUT2D eigenvalue weighted by molar-refractivity contribution is -0.431. The van der Waals surface area contributed by atoms with Gasteiger partial charge in [0.15, 0.2) is 11.9 Å². The van der Waals surface area contributed by atoms with Gasteiger partial charge in [-0.25, -0.2) is 4.79 Å². The molecular weight excluding hydrogens is 396 g/mol. The van der Waals surface area contributed by atoms with Crippen LogP contribution in [-0.2, 0) is 9.59 Å². The molecule has 2 aromatic rings. The van der Waals surface area contributed by atoms with E-state index in [9.17, 15) is 14.7 Å². The van der Waals surface area contributed by atoms with Crippen LogP contribution >= 0.6 is 0 Å². The summed E-state index contributed by atoms with van der Waals surface area (Å²) in [7, 11) is 0. The lowest BCUT2D eigenvalue weighted by Gasteiger charge is -2.13. The van der Waals surface area contributed by atoms with E-state index in [1.54, 1.807) is 0 Å². The molecule has 4 atom stereocenters. The first-order valence-corrected chi connectivity index (χ1v) is 9.45. The number of aliphatic hydroxyl groups is 2. The van der Waals surface area contributed by atoms with Gasteiger partial charge in [0.25, 0.3) is 0 Å². The molecule has 10 heteroatoms. The van der Waals surface area contributed by atoms with Crippen molar-refractivity contribution >= 4 is 11.9 Å². The third kappa shape index (κ3) is 9.70. The Labute approximate surface area is 175 Å². The van der Waals surface area contributed by atoms with Crippen LogP contribution in [0.25, 0.3) is 0 Å². The molecule has 2 aromatic heterocycles. The van der Waals surface area contributed by atoms with E-state index in [4.69, 9.17) is 29.9 Å². The van der Waals surface area contributed by atoms with E-state index in [-0.39, 0.29) is 6.04 Å². The van der Waals surface area contributed by atoms with Gasteiger partial charge < -0.3 is 45.5 Å². The molecule has 0 fully saturated rings. The fourth-order valence-corrected chi connectivity index (χ4v) is 1.99. The van der Waals surface area contributed by atoms with Crippen molar-refractivity contribution in [2.24, 2.45) is 5.73 Å². The minimum atomic E-state index is -2.38. The van der Waals surface area contributed by atoms with E-state index in [0.29, 0.717) is 6.04 Å². The highest BCUT2D eigenvalue weighted by molar-refractivity contribution is 5.82. The number of hydrogen-bond acceptors (Lipinski definition) is 8. The summed E-state index contributed by atoms with van der Waals surface area (Å²) < 4.78 is 10.7. The highest BCUT2D eigenvalue weighted by Gasteiger charge is 2.24. The molecule has 0 bridgehead atoms. The summed E-state index contributed by atoms with van der Waals surface area (Å²) in [5.41, 5.74) is 9.66. The van der Waals surface area contributed by atoms with Gasteiger partial charge in [0.1, 0.15) is 29.4 Å². The number of carboxylic acids is 2. The highest BCUT2D eigenvalue weighted by Crippen LogP contribution is 2.16. The monoisotopic (exact) mass is 428 g/mol. The molecule has 0 aromatic carbocycles. The topological polar surface area (TPSA) is 198 Å². The predicted octanol–water partition coefficient (Wildman–Crippen LogP) is -0.178. The molecule has 30 heavy (non-hydrogen) atoms. The molecule has 0 aliphatic carbocycles. The number of aliphatic hydroxyl groups excluding tert-OH is 2. The van der Waals surface area contributed by atoms with Gasteiger partial charge in [-0.2, -0.15) is 0 Å². The van der Waals surface area contributed by atoms with Gasteiger partial charge in [-0.15, -0.1) is 0 Å². The van der Waals surface area contributed by atoms with Gasteiger partial charge in [-0.1, -0.05) is 13.8 Å². The Morgan fingerprint density at radius 3 is 1.73 bits per heavy atom. The maximum atomic E-state index is 9.74. The Bertz CT molecular complexity index is 706. The first-order chi connectivity index (χ1) is 13.9. The van der Waals surface area contributed by atoms with Crippen molar-refractivity contribution in [3.05, 3.63) is 47.3 Å². The van der Waals surface area contributed by atoms with E-state index in [2.05, 4.69) is 12.7 Å². The maximum Gasteiger partial charge on any atom is 0.335 e. The molecule has 1 unspecified atom stereocenters. The second-order valence-electron chi connectivity index (χ2n) is 6.56. The van der Waals surface area contributed by atoms with Crippen molar-refractivity contribution < 1.29 is 44.6 Å². The summed E-state index contributed by atoms with van der Waals surface area (Å²) in [6.07, 6.45) is -2.75. The zero-order chi connectivity index (χ0) is 23.4. The Morgan fingerprint density at radius 1 is 1.00 bits per heavy atom. The Morgan fingerprint density at radius 2 is 1.47 bits per heavy atom. The lowest BCUT2D eigenvalue weighted by Crippen LogP contribution is -2.52. The van der Waals surface area contributed by atoms with Crippen LogP contribution in [0.4, 0.5) is 0 Å². The van der Waals surface area contributed by atoms with Crippen LogP contribution in [0.5, 0.6) is 0 Å². The van der Waals surface area contributed by atoms with Crippen LogP contribution in [0, 0.1) is 13.8 Å². The fourth-order valence-electron chi connectivity index (χ4n) is 1.99. The molecule has 2 rings (SSSR count). The van der Waals surface area contributed by atoms with Gasteiger partial charge in [0, 0.05) is 6.42 Å². The lowest BCUT2D eigenvalue weighted by atomic mass is 10.2. The van der Waals surface area contributed by atoms with Gasteiger partial charge in [-0.05, 0) is 44.5 Å². The SMILES string of the molecule is CCC(N)c1ccc(C)o1.CC[C@@H]([NH3+])c1ccc(C)o1.O=C([O-])[C@@H](O)[C@H](O)C(=O)O. The largest absolute Gasteiger partial charge is 0.547 e. The van der Waals surface area contributed by atoms with Crippen LogP contribution in [0.15, 0.2) is 33.1 Å². The average molecular weight is 428 g/mol. The minimum absolute atomic E-state index is 0.0636. The first-order valence-electron chi connectivity index (χ1n) is 9.45. The van der Waals surface area contributed by atoms with E-state index in [0.717, 1.165) is 35.9 Å². The molecule has 0 spiro atoms. The van der Waals surface area contributed by atoms with Crippen molar-refractivity contribution in [3.8, 4) is 0 Å². The number of quaternary nitrogens is 1. The number of furan rings is 2. The Balaban J connectivity index is 0.000000420. The zero-order valence-corrected chi connectivity index (χ0v) is 17.7. The summed E-state index contributed by atoms with van der Waals surface area (Å²) in [4.78, 5) is 19.4. The van der Waals surface area contributed by atoms with E-state index in [1.165, 1.54) is 0 Å². The van der Waals surface area contributed by atoms with E-state index >= 15 is 0 Å². The number of aliphatic carboxylic acids is 2. The number of aryl methyl sites for hydroxylation is 2. The van der Waals surface area contributed by atoms with Crippen LogP contribution in [0.2, 0.25) is 0 Å². The Hall–Kier alpha value is -2.66. The normalized spacial score (nSPS) is 14.3. The van der Waals surface area contributed by atoms with Crippen molar-refractivity contribution in [1.82, 2.24) is 0 Å². The van der Waals surface area contributed by atoms with Gasteiger partial charge >= 0.3 is 5.97 Å². The van der Waals surface area contributed by atoms with E-state index < -0.39 is 24.1 Å². The number of rotatable bonds is 7. The molecular formula is C20H32N2O8. The molecule has 0 saturated carbocycles. The van der Waals surface area contributed by atoms with Crippen LogP contribution in [0.3, 0.4) is 0 Å². The van der Waals surface area contributed by atoms with Gasteiger partial charge in [-0.3, -0.25) is 0 Å². The molecule has 2 heterocycles. The summed E-state index contributed by atoms with van der Waals surface area (Å²) in [6.45, 7) is 8.02. The average Bonchev–Trinajstić information content (AvgIpc) is 3.34. The van der Waals surface area contributed by atoms with Gasteiger partial charge in [0.05, 0.1) is 12.0 Å². The number of carbonyl (C=O) groups is 2. The van der Waals surface area contributed by atoms with Crippen molar-refractivity contribution in [3.63, 3.8) is 0 Å². The first kappa shape index (κ1) is 27.3. The molecule has 8 N–H and O–H groups in total. The van der Waals surface area contributed by atoms with Crippen molar-refractivity contribution in [2.45, 2.75) is 64.8 Å². The van der Waals surface area contributed by atoms with Gasteiger partial charge in [0.2, 0.25) is 0 Å². The molecule has 170 valence electrons. The van der Waals surface area contributed by atoms with Crippen LogP contribution in [-0.4, -0.2) is 39.5 Å². The third-order valence-electron chi connectivity index (χ3n) is 4.02. The summed E-state index contributed by atoms with van der Waals surface area (Å²) in [5, 5.41) is 34.1. The molecule has 10 nitrogen and oxygen atoms in total. The highest BCUT2D eigenvalue weighted by atomic mass is 16.4. The number of carboxylic acid groups (broad SMARTS) is 2. The second-order valence-corrected chi connectivity index (χ2v) is 6.56. The van der Waals surface area contributed by atoms with Crippen LogP contribution < -0.4 is 16.6 Å². The summed E-state index contributed by atoms with van der Waals surface area (Å²) >= 11 is 0. The summed E-state index contributed by atoms with van der Waals surface area (Å²) in [6, 6.07) is 8.22. The summed E-state index contributed by atoms with van der Waals surface area (Å²) in [5.74, 6) is -0.0393. The number of carbonyl (C=O) groups excluding carboxylic acids is 1. The zero-order valence-electron chi connectivity index (χ0n) is 17.7. The number of nitrogens with two attached hydrogens (primary N) is 1. The predicted molar refractivity (Wildman–Crippen MR) is 105 cm³/mol. The smallest absolute Gasteiger partial charge is 0.335 e. The molecule has 0 aliphatic rings. The molecule has 0 saturated heterocycles.